The molecule has 0 saturated carbocycles. The number of ether oxygens (including phenoxy) is 1. The monoisotopic (exact) mass is 246 g/mol. The van der Waals surface area contributed by atoms with E-state index in [0.29, 0.717) is 0 Å². The number of nitrogens with two attached hydrogens (primary N) is 1. The van der Waals surface area contributed by atoms with E-state index in [9.17, 15) is 4.39 Å². The Balaban J connectivity index is 2.16. The van der Waals surface area contributed by atoms with Crippen molar-refractivity contribution in [3.8, 4) is 5.75 Å². The Morgan fingerprint density at radius 1 is 1.11 bits per heavy atom. The van der Waals surface area contributed by atoms with E-state index in [4.69, 9.17) is 10.5 Å². The number of halogens is 1. The lowest BCUT2D eigenvalue weighted by atomic mass is 10.1. The van der Waals surface area contributed by atoms with E-state index in [2.05, 4.69) is 5.32 Å². The van der Waals surface area contributed by atoms with Gasteiger partial charge in [0.25, 0.3) is 0 Å². The van der Waals surface area contributed by atoms with Gasteiger partial charge in [-0.15, -0.1) is 0 Å². The summed E-state index contributed by atoms with van der Waals surface area (Å²) in [5, 5.41) is 3.09. The third kappa shape index (κ3) is 2.78. The number of hydrogen-bond donors (Lipinski definition) is 2. The van der Waals surface area contributed by atoms with E-state index < -0.39 is 6.17 Å². The number of rotatable bonds is 4. The van der Waals surface area contributed by atoms with Gasteiger partial charge in [0.05, 0.1) is 7.11 Å². The Bertz CT molecular complexity index is 513. The summed E-state index contributed by atoms with van der Waals surface area (Å²) in [6.45, 7) is 0. The van der Waals surface area contributed by atoms with Gasteiger partial charge in [-0.2, -0.15) is 0 Å². The van der Waals surface area contributed by atoms with Crippen molar-refractivity contribution in [1.82, 2.24) is 0 Å². The molecule has 3 nitrogen and oxygen atoms in total. The molecule has 0 aliphatic carbocycles. The molecule has 0 amide bonds. The molecule has 2 aromatic carbocycles. The predicted octanol–water partition coefficient (Wildman–Crippen LogP) is 2.90. The minimum Gasteiger partial charge on any atom is -0.496 e. The molecule has 0 spiro atoms. The van der Waals surface area contributed by atoms with Crippen molar-refractivity contribution in [3.05, 3.63) is 59.9 Å². The second-order valence-corrected chi connectivity index (χ2v) is 3.87. The van der Waals surface area contributed by atoms with Gasteiger partial charge in [-0.25, -0.2) is 4.39 Å². The van der Waals surface area contributed by atoms with Gasteiger partial charge in [0.1, 0.15) is 17.7 Å². The summed E-state index contributed by atoms with van der Waals surface area (Å²) in [5.41, 5.74) is 7.67. The molecule has 0 saturated heterocycles. The van der Waals surface area contributed by atoms with Gasteiger partial charge in [0, 0.05) is 11.3 Å². The second-order valence-electron chi connectivity index (χ2n) is 3.87. The van der Waals surface area contributed by atoms with Gasteiger partial charge >= 0.3 is 0 Å². The maximum absolute atomic E-state index is 12.8. The summed E-state index contributed by atoms with van der Waals surface area (Å²) in [7, 11) is 1.60. The van der Waals surface area contributed by atoms with Crippen molar-refractivity contribution in [2.75, 3.05) is 12.4 Å². The molecular weight excluding hydrogens is 231 g/mol. The van der Waals surface area contributed by atoms with Crippen molar-refractivity contribution in [3.63, 3.8) is 0 Å². The zero-order valence-corrected chi connectivity index (χ0v) is 10.1. The summed E-state index contributed by atoms with van der Waals surface area (Å²) in [5.74, 6) is 0.450. The van der Waals surface area contributed by atoms with Crippen LogP contribution < -0.4 is 15.8 Å². The van der Waals surface area contributed by atoms with Crippen LogP contribution in [-0.4, -0.2) is 7.11 Å². The van der Waals surface area contributed by atoms with Crippen molar-refractivity contribution in [2.24, 2.45) is 5.73 Å². The minimum absolute atomic E-state index is 0.272. The van der Waals surface area contributed by atoms with Crippen LogP contribution in [0.15, 0.2) is 48.5 Å². The molecule has 94 valence electrons. The lowest BCUT2D eigenvalue weighted by Gasteiger charge is -2.18. The van der Waals surface area contributed by atoms with Crippen LogP contribution in [0.2, 0.25) is 0 Å². The SMILES string of the molecule is COc1ccccc1C(N)Nc1ccc(F)cc1. The van der Waals surface area contributed by atoms with Crippen LogP contribution in [0.5, 0.6) is 5.75 Å². The van der Waals surface area contributed by atoms with E-state index >= 15 is 0 Å². The summed E-state index contributed by atoms with van der Waals surface area (Å²) in [6.07, 6.45) is -0.411. The number of anilines is 1. The fourth-order valence-electron chi connectivity index (χ4n) is 1.73. The van der Waals surface area contributed by atoms with Crippen LogP contribution >= 0.6 is 0 Å². The molecule has 0 aromatic heterocycles. The molecule has 0 bridgehead atoms. The van der Waals surface area contributed by atoms with Crippen molar-refractivity contribution in [1.29, 1.82) is 0 Å². The molecule has 0 radical (unpaired) electrons. The Hall–Kier alpha value is -2.07. The van der Waals surface area contributed by atoms with E-state index in [1.165, 1.54) is 12.1 Å². The molecule has 4 heteroatoms. The fraction of sp³-hybridized carbons (Fsp3) is 0.143. The zero-order chi connectivity index (χ0) is 13.0. The number of methoxy groups -OCH3 is 1. The first kappa shape index (κ1) is 12.4. The Morgan fingerprint density at radius 3 is 2.44 bits per heavy atom. The third-order valence-corrected chi connectivity index (χ3v) is 2.64. The van der Waals surface area contributed by atoms with Crippen LogP contribution in [-0.2, 0) is 0 Å². The summed E-state index contributed by atoms with van der Waals surface area (Å²) >= 11 is 0. The number of hydrogen-bond acceptors (Lipinski definition) is 3. The minimum atomic E-state index is -0.411. The van der Waals surface area contributed by atoms with Crippen LogP contribution in [0.3, 0.4) is 0 Å². The molecule has 0 fully saturated rings. The normalized spacial score (nSPS) is 11.9. The van der Waals surface area contributed by atoms with Crippen LogP contribution in [0.4, 0.5) is 10.1 Å². The highest BCUT2D eigenvalue weighted by Crippen LogP contribution is 2.24. The maximum atomic E-state index is 12.8. The lowest BCUT2D eigenvalue weighted by molar-refractivity contribution is 0.407. The largest absolute Gasteiger partial charge is 0.496 e. The maximum Gasteiger partial charge on any atom is 0.125 e. The van der Waals surface area contributed by atoms with Gasteiger partial charge in [0.2, 0.25) is 0 Å². The van der Waals surface area contributed by atoms with E-state index in [1.54, 1.807) is 19.2 Å². The zero-order valence-electron chi connectivity index (χ0n) is 10.1. The Labute approximate surface area is 105 Å². The van der Waals surface area contributed by atoms with E-state index in [0.717, 1.165) is 17.0 Å². The highest BCUT2D eigenvalue weighted by atomic mass is 19.1. The average Bonchev–Trinajstić information content (AvgIpc) is 2.41. The van der Waals surface area contributed by atoms with Gasteiger partial charge in [-0.05, 0) is 30.3 Å². The molecule has 1 unspecified atom stereocenters. The number of para-hydroxylation sites is 1. The second kappa shape index (κ2) is 5.51. The summed E-state index contributed by atoms with van der Waals surface area (Å²) in [6, 6.07) is 13.6. The van der Waals surface area contributed by atoms with Gasteiger partial charge in [-0.3, -0.25) is 0 Å². The van der Waals surface area contributed by atoms with Crippen LogP contribution in [0.1, 0.15) is 11.7 Å². The molecule has 0 aliphatic heterocycles. The third-order valence-electron chi connectivity index (χ3n) is 2.64. The van der Waals surface area contributed by atoms with Gasteiger partial charge in [-0.1, -0.05) is 18.2 Å². The van der Waals surface area contributed by atoms with Crippen molar-refractivity contribution < 1.29 is 9.13 Å². The highest BCUT2D eigenvalue weighted by Gasteiger charge is 2.10. The lowest BCUT2D eigenvalue weighted by Crippen LogP contribution is -2.20. The van der Waals surface area contributed by atoms with E-state index in [1.807, 2.05) is 24.3 Å². The topological polar surface area (TPSA) is 47.3 Å². The van der Waals surface area contributed by atoms with E-state index in [-0.39, 0.29) is 5.82 Å². The first-order chi connectivity index (χ1) is 8.70. The summed E-state index contributed by atoms with van der Waals surface area (Å²) in [4.78, 5) is 0. The molecule has 3 N–H and O–H groups in total. The summed E-state index contributed by atoms with van der Waals surface area (Å²) < 4.78 is 18.0. The quantitative estimate of drug-likeness (QED) is 0.815. The molecule has 0 aliphatic rings. The molecule has 2 aromatic rings. The fourth-order valence-corrected chi connectivity index (χ4v) is 1.73. The molecule has 2 rings (SSSR count). The number of benzene rings is 2. The van der Waals surface area contributed by atoms with Crippen LogP contribution in [0.25, 0.3) is 0 Å². The Kier molecular flexibility index (Phi) is 3.79. The average molecular weight is 246 g/mol. The molecule has 0 heterocycles. The molecule has 1 atom stereocenters. The van der Waals surface area contributed by atoms with Gasteiger partial charge < -0.3 is 15.8 Å². The van der Waals surface area contributed by atoms with Crippen molar-refractivity contribution >= 4 is 5.69 Å². The molecular formula is C14H15FN2O. The van der Waals surface area contributed by atoms with Crippen LogP contribution in [0, 0.1) is 5.82 Å². The predicted molar refractivity (Wildman–Crippen MR) is 69.9 cm³/mol. The smallest absolute Gasteiger partial charge is 0.125 e. The molecule has 18 heavy (non-hydrogen) atoms. The standard InChI is InChI=1S/C14H15FN2O/c1-18-13-5-3-2-4-12(13)14(16)17-11-8-6-10(15)7-9-11/h2-9,14,17H,16H2,1H3. The number of nitrogens with one attached hydrogen (secondary N) is 1. The highest BCUT2D eigenvalue weighted by molar-refractivity contribution is 5.47. The van der Waals surface area contributed by atoms with Gasteiger partial charge in [0.15, 0.2) is 0 Å². The Morgan fingerprint density at radius 2 is 1.78 bits per heavy atom. The first-order valence-electron chi connectivity index (χ1n) is 5.61. The first-order valence-corrected chi connectivity index (χ1v) is 5.61. The van der Waals surface area contributed by atoms with Crippen molar-refractivity contribution in [2.45, 2.75) is 6.17 Å².